The van der Waals surface area contributed by atoms with E-state index < -0.39 is 23.4 Å². The topological polar surface area (TPSA) is 63.6 Å². The highest BCUT2D eigenvalue weighted by Gasteiger charge is 2.42. The van der Waals surface area contributed by atoms with E-state index >= 15 is 0 Å². The van der Waals surface area contributed by atoms with Crippen molar-refractivity contribution in [2.45, 2.75) is 18.9 Å². The molecular weight excluding hydrogens is 215 g/mol. The Hall–Kier alpha value is -1.91. The molecule has 0 aromatic heterocycles. The molecule has 0 amide bonds. The summed E-state index contributed by atoms with van der Waals surface area (Å²) in [5.41, 5.74) is -0.983. The molecule has 1 aliphatic heterocycles. The third kappa shape index (κ3) is 1.54. The van der Waals surface area contributed by atoms with Gasteiger partial charge in [-0.05, 0) is 24.6 Å². The van der Waals surface area contributed by atoms with E-state index in [0.29, 0.717) is 5.56 Å². The minimum Gasteiger partial charge on any atom is -0.478 e. The van der Waals surface area contributed by atoms with Gasteiger partial charge < -0.3 is 9.84 Å². The average Bonchev–Trinajstić information content (AvgIpc) is 2.19. The van der Waals surface area contributed by atoms with E-state index in [1.165, 1.54) is 19.1 Å². The molecule has 2 rings (SSSR count). The first-order valence-electron chi connectivity index (χ1n) is 4.67. The molecule has 1 aromatic carbocycles. The lowest BCUT2D eigenvalue weighted by Crippen LogP contribution is -2.45. The summed E-state index contributed by atoms with van der Waals surface area (Å²) in [6.45, 7) is 1.32. The molecule has 4 nitrogen and oxygen atoms in total. The van der Waals surface area contributed by atoms with Gasteiger partial charge in [-0.1, -0.05) is 6.07 Å². The van der Waals surface area contributed by atoms with Gasteiger partial charge >= 0.3 is 11.9 Å². The van der Waals surface area contributed by atoms with Gasteiger partial charge in [0.05, 0.1) is 5.56 Å². The summed E-state index contributed by atoms with van der Waals surface area (Å²) in [6.07, 6.45) is 0.0453. The fraction of sp³-hybridized carbons (Fsp3) is 0.273. The van der Waals surface area contributed by atoms with Crippen molar-refractivity contribution in [1.29, 1.82) is 0 Å². The van der Waals surface area contributed by atoms with Gasteiger partial charge in [0, 0.05) is 6.42 Å². The van der Waals surface area contributed by atoms with Gasteiger partial charge in [-0.2, -0.15) is 0 Å². The minimum atomic E-state index is -1.57. The Kier molecular flexibility index (Phi) is 2.18. The first-order chi connectivity index (χ1) is 7.42. The number of hydrogen-bond donors (Lipinski definition) is 1. The van der Waals surface area contributed by atoms with Crippen molar-refractivity contribution in [1.82, 2.24) is 0 Å². The van der Waals surface area contributed by atoms with E-state index in [-0.39, 0.29) is 12.0 Å². The minimum absolute atomic E-state index is 0.0453. The summed E-state index contributed by atoms with van der Waals surface area (Å²) in [4.78, 5) is 22.5. The highest BCUT2D eigenvalue weighted by Crippen LogP contribution is 2.28. The number of rotatable bonds is 1. The molecule has 1 N–H and O–H groups in total. The number of benzene rings is 1. The van der Waals surface area contributed by atoms with Gasteiger partial charge in [0.2, 0.25) is 5.60 Å². The molecule has 1 unspecified atom stereocenters. The fourth-order valence-corrected chi connectivity index (χ4v) is 1.67. The monoisotopic (exact) mass is 224 g/mol. The van der Waals surface area contributed by atoms with Crippen molar-refractivity contribution in [3.63, 3.8) is 0 Å². The van der Waals surface area contributed by atoms with E-state index in [4.69, 9.17) is 9.84 Å². The van der Waals surface area contributed by atoms with Crippen molar-refractivity contribution in [3.8, 4) is 0 Å². The van der Waals surface area contributed by atoms with Gasteiger partial charge in [-0.25, -0.2) is 14.0 Å². The maximum Gasteiger partial charge on any atom is 0.348 e. The van der Waals surface area contributed by atoms with Crippen LogP contribution in [0, 0.1) is 5.82 Å². The zero-order chi connectivity index (χ0) is 11.9. The lowest BCUT2D eigenvalue weighted by atomic mass is 9.90. The van der Waals surface area contributed by atoms with E-state index in [2.05, 4.69) is 0 Å². The molecule has 1 aliphatic rings. The van der Waals surface area contributed by atoms with E-state index in [0.717, 1.165) is 6.07 Å². The molecule has 0 bridgehead atoms. The van der Waals surface area contributed by atoms with Gasteiger partial charge in [0.15, 0.2) is 0 Å². The van der Waals surface area contributed by atoms with Crippen molar-refractivity contribution in [2.24, 2.45) is 0 Å². The van der Waals surface area contributed by atoms with Crippen molar-refractivity contribution in [2.75, 3.05) is 0 Å². The Balaban J connectivity index is 2.49. The molecule has 0 saturated heterocycles. The molecule has 0 aliphatic carbocycles. The van der Waals surface area contributed by atoms with E-state index in [1.807, 2.05) is 0 Å². The lowest BCUT2D eigenvalue weighted by Gasteiger charge is -2.30. The zero-order valence-corrected chi connectivity index (χ0v) is 8.49. The van der Waals surface area contributed by atoms with Gasteiger partial charge in [-0.3, -0.25) is 0 Å². The van der Waals surface area contributed by atoms with E-state index in [1.54, 1.807) is 0 Å². The third-order valence-electron chi connectivity index (χ3n) is 2.59. The SMILES string of the molecule is CC1(C(=O)O)Cc2ccc(F)cc2C(=O)O1. The summed E-state index contributed by atoms with van der Waals surface area (Å²) >= 11 is 0. The third-order valence-corrected chi connectivity index (χ3v) is 2.59. The molecule has 16 heavy (non-hydrogen) atoms. The molecule has 0 saturated carbocycles. The normalized spacial score (nSPS) is 23.5. The van der Waals surface area contributed by atoms with Crippen LogP contribution < -0.4 is 0 Å². The van der Waals surface area contributed by atoms with Crippen LogP contribution in [0.15, 0.2) is 18.2 Å². The number of carboxylic acids is 1. The number of fused-ring (bicyclic) bond motifs is 1. The average molecular weight is 224 g/mol. The van der Waals surface area contributed by atoms with Crippen molar-refractivity contribution >= 4 is 11.9 Å². The summed E-state index contributed by atoms with van der Waals surface area (Å²) < 4.78 is 17.7. The summed E-state index contributed by atoms with van der Waals surface area (Å²) in [6, 6.07) is 3.66. The number of aliphatic carboxylic acids is 1. The highest BCUT2D eigenvalue weighted by molar-refractivity contribution is 5.95. The molecule has 0 fully saturated rings. The Labute approximate surface area is 90.6 Å². The molecular formula is C11H9FO4. The van der Waals surface area contributed by atoms with Crippen LogP contribution in [0.2, 0.25) is 0 Å². The summed E-state index contributed by atoms with van der Waals surface area (Å²) in [7, 11) is 0. The van der Waals surface area contributed by atoms with Crippen LogP contribution in [0.5, 0.6) is 0 Å². The predicted molar refractivity (Wildman–Crippen MR) is 51.6 cm³/mol. The number of carboxylic acid groups (broad SMARTS) is 1. The maximum absolute atomic E-state index is 12.9. The number of esters is 1. The fourth-order valence-electron chi connectivity index (χ4n) is 1.67. The number of hydrogen-bond acceptors (Lipinski definition) is 3. The smallest absolute Gasteiger partial charge is 0.348 e. The van der Waals surface area contributed by atoms with Crippen LogP contribution in [-0.2, 0) is 16.0 Å². The molecule has 5 heteroatoms. The van der Waals surface area contributed by atoms with Crippen LogP contribution >= 0.6 is 0 Å². The Morgan fingerprint density at radius 1 is 1.56 bits per heavy atom. The Morgan fingerprint density at radius 3 is 2.88 bits per heavy atom. The summed E-state index contributed by atoms with van der Waals surface area (Å²) in [5, 5.41) is 8.94. The second kappa shape index (κ2) is 3.30. The standard InChI is InChI=1S/C11H9FO4/c1-11(10(14)15)5-6-2-3-7(12)4-8(6)9(13)16-11/h2-4H,5H2,1H3,(H,14,15). The van der Waals surface area contributed by atoms with Crippen LogP contribution in [-0.4, -0.2) is 22.6 Å². The quantitative estimate of drug-likeness (QED) is 0.732. The first-order valence-corrected chi connectivity index (χ1v) is 4.67. The van der Waals surface area contributed by atoms with Crippen LogP contribution in [0.1, 0.15) is 22.8 Å². The Morgan fingerprint density at radius 2 is 2.25 bits per heavy atom. The zero-order valence-electron chi connectivity index (χ0n) is 8.49. The number of halogens is 1. The Bertz CT molecular complexity index is 483. The van der Waals surface area contributed by atoms with Crippen molar-refractivity contribution in [3.05, 3.63) is 35.1 Å². The lowest BCUT2D eigenvalue weighted by molar-refractivity contribution is -0.158. The molecule has 0 spiro atoms. The predicted octanol–water partition coefficient (Wildman–Crippen LogP) is 1.38. The van der Waals surface area contributed by atoms with Gasteiger partial charge in [0.25, 0.3) is 0 Å². The highest BCUT2D eigenvalue weighted by atomic mass is 19.1. The number of carbonyl (C=O) groups excluding carboxylic acids is 1. The second-order valence-corrected chi connectivity index (χ2v) is 3.90. The number of carbonyl (C=O) groups is 2. The summed E-state index contributed by atoms with van der Waals surface area (Å²) in [5.74, 6) is -2.56. The van der Waals surface area contributed by atoms with Gasteiger partial charge in [-0.15, -0.1) is 0 Å². The second-order valence-electron chi connectivity index (χ2n) is 3.90. The van der Waals surface area contributed by atoms with Crippen LogP contribution in [0.3, 0.4) is 0 Å². The number of ether oxygens (including phenoxy) is 1. The maximum atomic E-state index is 12.9. The first kappa shape index (κ1) is 10.6. The van der Waals surface area contributed by atoms with E-state index in [9.17, 15) is 14.0 Å². The molecule has 1 atom stereocenters. The van der Waals surface area contributed by atoms with Crippen LogP contribution in [0.25, 0.3) is 0 Å². The molecule has 1 heterocycles. The molecule has 0 radical (unpaired) electrons. The largest absolute Gasteiger partial charge is 0.478 e. The van der Waals surface area contributed by atoms with Gasteiger partial charge in [0.1, 0.15) is 5.82 Å². The van der Waals surface area contributed by atoms with Crippen LogP contribution in [0.4, 0.5) is 4.39 Å². The van der Waals surface area contributed by atoms with Crippen molar-refractivity contribution < 1.29 is 23.8 Å². The number of cyclic esters (lactones) is 1. The molecule has 1 aromatic rings. The molecule has 84 valence electrons.